The molecule has 1 aromatic rings. The van der Waals surface area contributed by atoms with Crippen molar-refractivity contribution in [3.8, 4) is 0 Å². The van der Waals surface area contributed by atoms with Crippen molar-refractivity contribution in [1.82, 2.24) is 20.9 Å². The lowest BCUT2D eigenvalue weighted by atomic mass is 9.83. The molecule has 4 rings (SSSR count). The first-order valence-electron chi connectivity index (χ1n) is 13.2. The highest BCUT2D eigenvalue weighted by Crippen LogP contribution is 2.32. The van der Waals surface area contributed by atoms with Crippen molar-refractivity contribution < 1.29 is 14.4 Å². The maximum atomic E-state index is 13.8. The molecular formula is C27H40N4O3. The van der Waals surface area contributed by atoms with Crippen LogP contribution in [0.25, 0.3) is 0 Å². The van der Waals surface area contributed by atoms with Crippen molar-refractivity contribution in [2.75, 3.05) is 13.6 Å². The van der Waals surface area contributed by atoms with E-state index >= 15 is 0 Å². The molecule has 3 aliphatic rings. The standard InChI is InChI=1S/C27H40N4O3/c1-18(28-2)25(32)30-24(20-11-4-3-5-12-20)27(34)31-17-9-16-23(31)26(33)29-22-15-8-13-19-10-6-7-14-21(19)22/h6-7,10,14,18,20,22-24,28H,3-5,8-9,11-13,15-17H2,1-2H3,(H,29,33)(H,30,32)/t18-,22+,23-,24?/m0/s1. The number of carbonyl (C=O) groups excluding carboxylic acids is 3. The quantitative estimate of drug-likeness (QED) is 0.574. The number of nitrogens with zero attached hydrogens (tertiary/aromatic N) is 1. The number of carbonyl (C=O) groups is 3. The fraction of sp³-hybridized carbons (Fsp3) is 0.667. The van der Waals surface area contributed by atoms with Crippen LogP contribution in [0.5, 0.6) is 0 Å². The van der Waals surface area contributed by atoms with Crippen molar-refractivity contribution in [2.45, 2.75) is 95.3 Å². The SMILES string of the molecule is CN[C@@H](C)C(=O)NC(C(=O)N1CCC[C@H]1C(=O)N[C@@H]1CCCc2ccccc21)C1CCCCC1. The predicted molar refractivity (Wildman–Crippen MR) is 132 cm³/mol. The van der Waals surface area contributed by atoms with Gasteiger partial charge in [-0.2, -0.15) is 0 Å². The molecule has 3 N–H and O–H groups in total. The fourth-order valence-electron chi connectivity index (χ4n) is 5.91. The number of likely N-dealkylation sites (N-methyl/N-ethyl adjacent to an activating group) is 1. The van der Waals surface area contributed by atoms with Crippen molar-refractivity contribution in [1.29, 1.82) is 0 Å². The number of likely N-dealkylation sites (tertiary alicyclic amines) is 1. The van der Waals surface area contributed by atoms with Crippen LogP contribution >= 0.6 is 0 Å². The second-order valence-corrected chi connectivity index (χ2v) is 10.2. The zero-order chi connectivity index (χ0) is 24.1. The summed E-state index contributed by atoms with van der Waals surface area (Å²) in [6, 6.07) is 6.92. The summed E-state index contributed by atoms with van der Waals surface area (Å²) in [5.74, 6) is -0.190. The van der Waals surface area contributed by atoms with E-state index in [4.69, 9.17) is 0 Å². The average Bonchev–Trinajstić information content (AvgIpc) is 3.37. The molecule has 7 heteroatoms. The zero-order valence-corrected chi connectivity index (χ0v) is 20.6. The summed E-state index contributed by atoms with van der Waals surface area (Å²) in [5, 5.41) is 9.26. The Balaban J connectivity index is 1.48. The Labute approximate surface area is 203 Å². The van der Waals surface area contributed by atoms with Gasteiger partial charge in [-0.15, -0.1) is 0 Å². The van der Waals surface area contributed by atoms with E-state index in [1.165, 1.54) is 17.5 Å². The molecule has 1 unspecified atom stereocenters. The molecule has 4 atom stereocenters. The van der Waals surface area contributed by atoms with Crippen molar-refractivity contribution in [3.05, 3.63) is 35.4 Å². The fourth-order valence-corrected chi connectivity index (χ4v) is 5.91. The van der Waals surface area contributed by atoms with Crippen molar-refractivity contribution in [3.63, 3.8) is 0 Å². The highest BCUT2D eigenvalue weighted by atomic mass is 16.2. The molecule has 1 aromatic carbocycles. The highest BCUT2D eigenvalue weighted by molar-refractivity contribution is 5.93. The average molecular weight is 469 g/mol. The lowest BCUT2D eigenvalue weighted by Gasteiger charge is -2.35. The third-order valence-electron chi connectivity index (χ3n) is 8.04. The van der Waals surface area contributed by atoms with Gasteiger partial charge in [0.15, 0.2) is 0 Å². The van der Waals surface area contributed by atoms with Crippen molar-refractivity contribution in [2.24, 2.45) is 5.92 Å². The number of amides is 3. The molecule has 2 fully saturated rings. The molecule has 0 radical (unpaired) electrons. The number of fused-ring (bicyclic) bond motifs is 1. The monoisotopic (exact) mass is 468 g/mol. The minimum Gasteiger partial charge on any atom is -0.347 e. The van der Waals surface area contributed by atoms with E-state index < -0.39 is 12.1 Å². The smallest absolute Gasteiger partial charge is 0.246 e. The molecule has 1 saturated heterocycles. The summed E-state index contributed by atoms with van der Waals surface area (Å²) in [7, 11) is 1.74. The van der Waals surface area contributed by atoms with Crippen LogP contribution in [0.4, 0.5) is 0 Å². The topological polar surface area (TPSA) is 90.5 Å². The summed E-state index contributed by atoms with van der Waals surface area (Å²) in [5.41, 5.74) is 2.50. The number of benzene rings is 1. The molecule has 34 heavy (non-hydrogen) atoms. The minimum atomic E-state index is -0.563. The third kappa shape index (κ3) is 5.45. The molecular weight excluding hydrogens is 428 g/mol. The molecule has 0 aromatic heterocycles. The molecule has 7 nitrogen and oxygen atoms in total. The van der Waals surface area contributed by atoms with E-state index in [0.29, 0.717) is 13.0 Å². The Bertz CT molecular complexity index is 882. The van der Waals surface area contributed by atoms with Crippen LogP contribution < -0.4 is 16.0 Å². The molecule has 1 heterocycles. The van der Waals surface area contributed by atoms with Crippen molar-refractivity contribution >= 4 is 17.7 Å². The third-order valence-corrected chi connectivity index (χ3v) is 8.04. The molecule has 1 saturated carbocycles. The van der Waals surface area contributed by atoms with Crippen LogP contribution in [0.3, 0.4) is 0 Å². The number of rotatable bonds is 7. The van der Waals surface area contributed by atoms with E-state index in [1.807, 2.05) is 6.07 Å². The summed E-state index contributed by atoms with van der Waals surface area (Å²) >= 11 is 0. The first-order chi connectivity index (χ1) is 16.5. The minimum absolute atomic E-state index is 0.000300. The number of hydrogen-bond donors (Lipinski definition) is 3. The lowest BCUT2D eigenvalue weighted by molar-refractivity contribution is -0.143. The zero-order valence-electron chi connectivity index (χ0n) is 20.6. The Morgan fingerprint density at radius 2 is 1.74 bits per heavy atom. The molecule has 0 spiro atoms. The largest absolute Gasteiger partial charge is 0.347 e. The number of nitrogens with one attached hydrogen (secondary N) is 3. The summed E-state index contributed by atoms with van der Waals surface area (Å²) in [4.78, 5) is 41.7. The van der Waals surface area contributed by atoms with Gasteiger partial charge < -0.3 is 20.9 Å². The summed E-state index contributed by atoms with van der Waals surface area (Å²) in [6.07, 6.45) is 9.71. The second-order valence-electron chi connectivity index (χ2n) is 10.2. The van der Waals surface area contributed by atoms with E-state index in [0.717, 1.165) is 51.4 Å². The van der Waals surface area contributed by atoms with Crippen LogP contribution in [0.1, 0.15) is 81.9 Å². The van der Waals surface area contributed by atoms with Crippen LogP contribution in [0.15, 0.2) is 24.3 Å². The van der Waals surface area contributed by atoms with Gasteiger partial charge in [0.1, 0.15) is 12.1 Å². The Morgan fingerprint density at radius 1 is 0.971 bits per heavy atom. The van der Waals surface area contributed by atoms with Gasteiger partial charge in [0, 0.05) is 6.54 Å². The molecule has 186 valence electrons. The van der Waals surface area contributed by atoms with Crippen LogP contribution in [0.2, 0.25) is 0 Å². The Kier molecular flexibility index (Phi) is 8.24. The summed E-state index contributed by atoms with van der Waals surface area (Å²) in [6.45, 7) is 2.37. The maximum Gasteiger partial charge on any atom is 0.246 e. The van der Waals surface area contributed by atoms with E-state index in [1.54, 1.807) is 18.9 Å². The Morgan fingerprint density at radius 3 is 2.50 bits per heavy atom. The molecule has 1 aliphatic heterocycles. The lowest BCUT2D eigenvalue weighted by Crippen LogP contribution is -2.58. The van der Waals surface area contributed by atoms with E-state index in [9.17, 15) is 14.4 Å². The Hall–Kier alpha value is -2.41. The van der Waals surface area contributed by atoms with Gasteiger partial charge in [-0.05, 0) is 76.0 Å². The highest BCUT2D eigenvalue weighted by Gasteiger charge is 2.41. The normalized spacial score (nSPS) is 24.7. The number of hydrogen-bond acceptors (Lipinski definition) is 4. The summed E-state index contributed by atoms with van der Waals surface area (Å²) < 4.78 is 0. The van der Waals surface area contributed by atoms with E-state index in [2.05, 4.69) is 34.1 Å². The van der Waals surface area contributed by atoms with Gasteiger partial charge >= 0.3 is 0 Å². The van der Waals surface area contributed by atoms with Crippen LogP contribution in [0, 0.1) is 5.92 Å². The molecule has 2 aliphatic carbocycles. The van der Waals surface area contributed by atoms with Gasteiger partial charge in [0.05, 0.1) is 12.1 Å². The first-order valence-corrected chi connectivity index (χ1v) is 13.2. The van der Waals surface area contributed by atoms with Gasteiger partial charge in [0.25, 0.3) is 0 Å². The second kappa shape index (κ2) is 11.3. The van der Waals surface area contributed by atoms with Gasteiger partial charge in [-0.25, -0.2) is 0 Å². The van der Waals surface area contributed by atoms with Gasteiger partial charge in [-0.1, -0.05) is 43.5 Å². The van der Waals surface area contributed by atoms with Gasteiger partial charge in [0.2, 0.25) is 17.7 Å². The molecule has 3 amide bonds. The van der Waals surface area contributed by atoms with Gasteiger partial charge in [-0.3, -0.25) is 14.4 Å². The maximum absolute atomic E-state index is 13.8. The number of aryl methyl sites for hydroxylation is 1. The predicted octanol–water partition coefficient (Wildman–Crippen LogP) is 2.84. The van der Waals surface area contributed by atoms with Crippen LogP contribution in [-0.2, 0) is 20.8 Å². The van der Waals surface area contributed by atoms with E-state index in [-0.39, 0.29) is 35.7 Å². The first kappa shape index (κ1) is 24.7. The van der Waals surface area contributed by atoms with Crippen LogP contribution in [-0.4, -0.2) is 54.3 Å². The molecule has 0 bridgehead atoms.